The average Bonchev–Trinajstić information content (AvgIpc) is 2.90. The van der Waals surface area contributed by atoms with Crippen LogP contribution in [0.5, 0.6) is 0 Å². The fraction of sp³-hybridized carbons (Fsp3) is 0.381. The summed E-state index contributed by atoms with van der Waals surface area (Å²) < 4.78 is 58.6. The highest BCUT2D eigenvalue weighted by Crippen LogP contribution is 2.26. The molecule has 1 fully saturated rings. The molecule has 0 aliphatic carbocycles. The van der Waals surface area contributed by atoms with Crippen LogP contribution in [0.25, 0.3) is 10.9 Å². The van der Waals surface area contributed by atoms with E-state index in [4.69, 9.17) is 4.74 Å². The smallest absolute Gasteiger partial charge is 0.389 e. The molecule has 3 heterocycles. The molecular formula is C21H20F4N4O3. The number of hydrogen-bond donors (Lipinski definition) is 1. The maximum Gasteiger partial charge on any atom is 0.408 e. The number of aliphatic hydroxyl groups is 1. The Morgan fingerprint density at radius 1 is 1.25 bits per heavy atom. The number of aromatic nitrogens is 3. The van der Waals surface area contributed by atoms with Gasteiger partial charge in [0.15, 0.2) is 0 Å². The molecule has 1 aromatic carbocycles. The van der Waals surface area contributed by atoms with E-state index < -0.39 is 30.5 Å². The van der Waals surface area contributed by atoms with Crippen molar-refractivity contribution in [2.24, 2.45) is 0 Å². The Labute approximate surface area is 180 Å². The van der Waals surface area contributed by atoms with Crippen LogP contribution in [0, 0.1) is 5.82 Å². The van der Waals surface area contributed by atoms with E-state index in [-0.39, 0.29) is 43.9 Å². The Bertz CT molecular complexity index is 1110. The van der Waals surface area contributed by atoms with Crippen LogP contribution < -0.4 is 0 Å². The molecule has 1 aliphatic heterocycles. The second-order valence-corrected chi connectivity index (χ2v) is 7.59. The van der Waals surface area contributed by atoms with Crippen LogP contribution >= 0.6 is 0 Å². The van der Waals surface area contributed by atoms with Gasteiger partial charge in [0, 0.05) is 31.1 Å². The predicted octanol–water partition coefficient (Wildman–Crippen LogP) is 2.56. The van der Waals surface area contributed by atoms with E-state index in [1.807, 2.05) is 0 Å². The number of fused-ring (bicyclic) bond motifs is 1. The molecule has 11 heteroatoms. The van der Waals surface area contributed by atoms with Gasteiger partial charge in [-0.3, -0.25) is 14.5 Å². The third-order valence-electron chi connectivity index (χ3n) is 5.08. The first-order valence-corrected chi connectivity index (χ1v) is 9.91. The topological polar surface area (TPSA) is 80.5 Å². The van der Waals surface area contributed by atoms with Crippen LogP contribution in [-0.4, -0.2) is 69.3 Å². The Kier molecular flexibility index (Phi) is 6.11. The molecular weight excluding hydrogens is 432 g/mol. The number of hydrogen-bond acceptors (Lipinski definition) is 5. The highest BCUT2D eigenvalue weighted by atomic mass is 19.4. The SMILES string of the molecule is O=C(c1cc2c(cn1)c(Cc1ccc(F)cc1)nn2CC(F)(F)F)N1CCOCC(O)C1. The molecule has 0 radical (unpaired) electrons. The lowest BCUT2D eigenvalue weighted by atomic mass is 10.1. The number of benzene rings is 1. The minimum Gasteiger partial charge on any atom is -0.389 e. The minimum absolute atomic E-state index is 0.0379. The van der Waals surface area contributed by atoms with Gasteiger partial charge in [-0.1, -0.05) is 12.1 Å². The van der Waals surface area contributed by atoms with Crippen molar-refractivity contribution in [3.8, 4) is 0 Å². The molecule has 4 rings (SSSR count). The molecule has 1 N–H and O–H groups in total. The third kappa shape index (κ3) is 5.05. The number of β-amino-alcohol motifs (C(OH)–C–C–N with tert-alkyl or cyclic N) is 1. The molecule has 3 aromatic rings. The molecule has 1 amide bonds. The summed E-state index contributed by atoms with van der Waals surface area (Å²) in [7, 11) is 0. The van der Waals surface area contributed by atoms with Gasteiger partial charge in [-0.15, -0.1) is 0 Å². The molecule has 0 bridgehead atoms. The maximum atomic E-state index is 13.2. The first-order chi connectivity index (χ1) is 15.2. The van der Waals surface area contributed by atoms with Gasteiger partial charge in [0.1, 0.15) is 18.1 Å². The fourth-order valence-electron chi connectivity index (χ4n) is 3.61. The van der Waals surface area contributed by atoms with Crippen molar-refractivity contribution in [3.63, 3.8) is 0 Å². The summed E-state index contributed by atoms with van der Waals surface area (Å²) >= 11 is 0. The van der Waals surface area contributed by atoms with Crippen LogP contribution in [0.2, 0.25) is 0 Å². The number of aliphatic hydroxyl groups excluding tert-OH is 1. The Balaban J connectivity index is 1.70. The molecule has 1 atom stereocenters. The van der Waals surface area contributed by atoms with Gasteiger partial charge < -0.3 is 14.7 Å². The van der Waals surface area contributed by atoms with Gasteiger partial charge in [0.25, 0.3) is 5.91 Å². The number of amides is 1. The van der Waals surface area contributed by atoms with E-state index in [9.17, 15) is 27.5 Å². The molecule has 1 unspecified atom stereocenters. The Morgan fingerprint density at radius 3 is 2.72 bits per heavy atom. The van der Waals surface area contributed by atoms with Gasteiger partial charge in [0.05, 0.1) is 30.5 Å². The Hall–Kier alpha value is -3.05. The normalized spacial score (nSPS) is 17.5. The van der Waals surface area contributed by atoms with Gasteiger partial charge in [0.2, 0.25) is 0 Å². The monoisotopic (exact) mass is 452 g/mol. The number of ether oxygens (including phenoxy) is 1. The summed E-state index contributed by atoms with van der Waals surface area (Å²) in [5.74, 6) is -0.939. The van der Waals surface area contributed by atoms with Crippen molar-refractivity contribution in [2.75, 3.05) is 26.3 Å². The van der Waals surface area contributed by atoms with Gasteiger partial charge in [-0.2, -0.15) is 18.3 Å². The maximum absolute atomic E-state index is 13.2. The summed E-state index contributed by atoms with van der Waals surface area (Å²) in [6.07, 6.45) is -3.88. The molecule has 32 heavy (non-hydrogen) atoms. The minimum atomic E-state index is -4.52. The molecule has 0 saturated carbocycles. The number of pyridine rings is 1. The van der Waals surface area contributed by atoms with Gasteiger partial charge in [-0.25, -0.2) is 4.39 Å². The van der Waals surface area contributed by atoms with E-state index in [1.165, 1.54) is 41.4 Å². The van der Waals surface area contributed by atoms with E-state index >= 15 is 0 Å². The lowest BCUT2D eigenvalue weighted by molar-refractivity contribution is -0.141. The fourth-order valence-corrected chi connectivity index (χ4v) is 3.61. The number of alkyl halides is 3. The molecule has 1 aliphatic rings. The first-order valence-electron chi connectivity index (χ1n) is 9.91. The lowest BCUT2D eigenvalue weighted by Gasteiger charge is -2.20. The number of halogens is 4. The molecule has 0 spiro atoms. The van der Waals surface area contributed by atoms with Crippen molar-refractivity contribution < 1.29 is 32.2 Å². The zero-order valence-electron chi connectivity index (χ0n) is 16.8. The quantitative estimate of drug-likeness (QED) is 0.616. The third-order valence-corrected chi connectivity index (χ3v) is 5.08. The first kappa shape index (κ1) is 22.2. The summed E-state index contributed by atoms with van der Waals surface area (Å²) in [6, 6.07) is 6.86. The number of carbonyl (C=O) groups is 1. The standard InChI is InChI=1S/C21H20F4N4O3/c22-14-3-1-13(2-4-14)7-17-16-9-26-18(8-19(16)29(27-17)12-21(23,24)25)20(31)28-5-6-32-11-15(30)10-28/h1-4,8-9,15,30H,5-7,10-12H2. The second kappa shape index (κ2) is 8.83. The second-order valence-electron chi connectivity index (χ2n) is 7.59. The van der Waals surface area contributed by atoms with Gasteiger partial charge in [-0.05, 0) is 23.8 Å². The summed E-state index contributed by atoms with van der Waals surface area (Å²) in [6.45, 7) is -0.732. The molecule has 170 valence electrons. The molecule has 7 nitrogen and oxygen atoms in total. The molecule has 1 saturated heterocycles. The highest BCUT2D eigenvalue weighted by Gasteiger charge is 2.31. The predicted molar refractivity (Wildman–Crippen MR) is 106 cm³/mol. The van der Waals surface area contributed by atoms with Gasteiger partial charge >= 0.3 is 6.18 Å². The summed E-state index contributed by atoms with van der Waals surface area (Å²) in [5.41, 5.74) is 1.07. The summed E-state index contributed by atoms with van der Waals surface area (Å²) in [5, 5.41) is 14.3. The van der Waals surface area contributed by atoms with Crippen LogP contribution in [0.15, 0.2) is 36.5 Å². The van der Waals surface area contributed by atoms with Crippen LogP contribution in [0.4, 0.5) is 17.6 Å². The van der Waals surface area contributed by atoms with E-state index in [1.54, 1.807) is 0 Å². The van der Waals surface area contributed by atoms with Crippen molar-refractivity contribution in [1.82, 2.24) is 19.7 Å². The number of rotatable bonds is 4. The largest absolute Gasteiger partial charge is 0.408 e. The van der Waals surface area contributed by atoms with Crippen molar-refractivity contribution >= 4 is 16.8 Å². The van der Waals surface area contributed by atoms with Crippen molar-refractivity contribution in [1.29, 1.82) is 0 Å². The van der Waals surface area contributed by atoms with E-state index in [0.717, 1.165) is 4.68 Å². The lowest BCUT2D eigenvalue weighted by Crippen LogP contribution is -2.38. The van der Waals surface area contributed by atoms with Crippen LogP contribution in [-0.2, 0) is 17.7 Å². The van der Waals surface area contributed by atoms with E-state index in [0.29, 0.717) is 16.6 Å². The van der Waals surface area contributed by atoms with Crippen LogP contribution in [0.1, 0.15) is 21.7 Å². The molecule has 2 aromatic heterocycles. The van der Waals surface area contributed by atoms with Crippen LogP contribution in [0.3, 0.4) is 0 Å². The zero-order valence-corrected chi connectivity index (χ0v) is 16.8. The Morgan fingerprint density at radius 2 is 2.00 bits per heavy atom. The summed E-state index contributed by atoms with van der Waals surface area (Å²) in [4.78, 5) is 18.4. The van der Waals surface area contributed by atoms with E-state index in [2.05, 4.69) is 10.1 Å². The van der Waals surface area contributed by atoms with Crippen molar-refractivity contribution in [2.45, 2.75) is 25.2 Å². The van der Waals surface area contributed by atoms with Crippen molar-refractivity contribution in [3.05, 3.63) is 59.3 Å². The number of nitrogens with zero attached hydrogens (tertiary/aromatic N) is 4. The average molecular weight is 452 g/mol. The zero-order chi connectivity index (χ0) is 22.9. The number of carbonyl (C=O) groups excluding carboxylic acids is 1. The highest BCUT2D eigenvalue weighted by molar-refractivity contribution is 5.96.